The molecule has 0 saturated heterocycles. The summed E-state index contributed by atoms with van der Waals surface area (Å²) in [6, 6.07) is 13.7. The minimum atomic E-state index is 0.448. The highest BCUT2D eigenvalue weighted by Gasteiger charge is 2.26. The van der Waals surface area contributed by atoms with Crippen LogP contribution in [0.5, 0.6) is 0 Å². The second kappa shape index (κ2) is 5.17. The van der Waals surface area contributed by atoms with Crippen LogP contribution in [0.2, 0.25) is 0 Å². The summed E-state index contributed by atoms with van der Waals surface area (Å²) in [5.74, 6) is 0.448. The van der Waals surface area contributed by atoms with E-state index in [0.29, 0.717) is 12.0 Å². The van der Waals surface area contributed by atoms with Gasteiger partial charge in [-0.05, 0) is 38.0 Å². The maximum Gasteiger partial charge on any atom is 0.0648 e. The first-order valence-corrected chi connectivity index (χ1v) is 7.11. The van der Waals surface area contributed by atoms with Crippen LogP contribution in [0, 0.1) is 0 Å². The average molecular weight is 255 g/mol. The van der Waals surface area contributed by atoms with Crippen LogP contribution in [0.3, 0.4) is 0 Å². The van der Waals surface area contributed by atoms with Crippen molar-refractivity contribution in [2.24, 2.45) is 0 Å². The van der Waals surface area contributed by atoms with Gasteiger partial charge in [-0.2, -0.15) is 5.10 Å². The number of rotatable bonds is 5. The van der Waals surface area contributed by atoms with E-state index in [1.807, 2.05) is 12.3 Å². The van der Waals surface area contributed by atoms with E-state index in [2.05, 4.69) is 59.3 Å². The fourth-order valence-electron chi connectivity index (χ4n) is 2.47. The van der Waals surface area contributed by atoms with Crippen LogP contribution < -0.4 is 5.32 Å². The minimum absolute atomic E-state index is 0.448. The van der Waals surface area contributed by atoms with Crippen molar-refractivity contribution in [1.82, 2.24) is 15.1 Å². The molecule has 1 aliphatic carbocycles. The van der Waals surface area contributed by atoms with Crippen LogP contribution >= 0.6 is 0 Å². The lowest BCUT2D eigenvalue weighted by molar-refractivity contribution is 0.464. The van der Waals surface area contributed by atoms with Gasteiger partial charge in [0, 0.05) is 29.9 Å². The summed E-state index contributed by atoms with van der Waals surface area (Å²) < 4.78 is 2.05. The molecule has 1 aliphatic rings. The summed E-state index contributed by atoms with van der Waals surface area (Å²) in [6.45, 7) is 4.54. The van der Waals surface area contributed by atoms with Crippen LogP contribution in [0.1, 0.15) is 38.3 Å². The molecule has 0 amide bonds. The molecule has 3 rings (SSSR count). The summed E-state index contributed by atoms with van der Waals surface area (Å²) in [5.41, 5.74) is 2.40. The molecule has 1 aromatic carbocycles. The molecule has 3 nitrogen and oxygen atoms in total. The van der Waals surface area contributed by atoms with Crippen LogP contribution in [0.25, 0.3) is 5.69 Å². The molecule has 100 valence electrons. The Bertz CT molecular complexity index is 528. The number of para-hydroxylation sites is 1. The van der Waals surface area contributed by atoms with E-state index in [1.165, 1.54) is 18.5 Å². The van der Waals surface area contributed by atoms with Crippen molar-refractivity contribution >= 4 is 0 Å². The van der Waals surface area contributed by atoms with Crippen molar-refractivity contribution in [2.45, 2.75) is 44.7 Å². The zero-order chi connectivity index (χ0) is 13.2. The molecule has 0 aliphatic heterocycles. The van der Waals surface area contributed by atoms with Crippen LogP contribution in [-0.2, 0) is 0 Å². The quantitative estimate of drug-likeness (QED) is 0.889. The molecule has 0 spiro atoms. The van der Waals surface area contributed by atoms with Gasteiger partial charge in [-0.15, -0.1) is 0 Å². The standard InChI is InChI=1S/C16H21N3/c1-12(13(2)18-14-8-9-14)16-10-11-17-19(16)15-6-4-3-5-7-15/h3-7,10-14,18H,8-9H2,1-2H3. The van der Waals surface area contributed by atoms with Gasteiger partial charge in [0.1, 0.15) is 0 Å². The maximum absolute atomic E-state index is 4.47. The number of benzene rings is 1. The number of nitrogens with zero attached hydrogens (tertiary/aromatic N) is 2. The highest BCUT2D eigenvalue weighted by atomic mass is 15.3. The highest BCUT2D eigenvalue weighted by Crippen LogP contribution is 2.26. The molecule has 1 N–H and O–H groups in total. The Morgan fingerprint density at radius 2 is 1.89 bits per heavy atom. The Morgan fingerprint density at radius 1 is 1.16 bits per heavy atom. The van der Waals surface area contributed by atoms with E-state index in [1.54, 1.807) is 0 Å². The van der Waals surface area contributed by atoms with Gasteiger partial charge < -0.3 is 5.32 Å². The SMILES string of the molecule is CC(NC1CC1)C(C)c1ccnn1-c1ccccc1. The lowest BCUT2D eigenvalue weighted by Gasteiger charge is -2.22. The Labute approximate surface area is 114 Å². The molecule has 2 unspecified atom stereocenters. The predicted octanol–water partition coefficient (Wildman–Crippen LogP) is 3.12. The van der Waals surface area contributed by atoms with Gasteiger partial charge in [-0.3, -0.25) is 0 Å². The molecule has 1 heterocycles. The Kier molecular flexibility index (Phi) is 3.38. The molecule has 3 heteroatoms. The lowest BCUT2D eigenvalue weighted by atomic mass is 9.99. The largest absolute Gasteiger partial charge is 0.311 e. The Balaban J connectivity index is 1.82. The second-order valence-electron chi connectivity index (χ2n) is 5.52. The minimum Gasteiger partial charge on any atom is -0.311 e. The maximum atomic E-state index is 4.47. The number of aromatic nitrogens is 2. The van der Waals surface area contributed by atoms with E-state index in [-0.39, 0.29) is 0 Å². The van der Waals surface area contributed by atoms with Gasteiger partial charge in [0.2, 0.25) is 0 Å². The lowest BCUT2D eigenvalue weighted by Crippen LogP contribution is -2.33. The van der Waals surface area contributed by atoms with Crippen LogP contribution in [-0.4, -0.2) is 21.9 Å². The molecule has 1 fully saturated rings. The third-order valence-electron chi connectivity index (χ3n) is 3.97. The fraction of sp³-hybridized carbons (Fsp3) is 0.438. The molecule has 2 atom stereocenters. The zero-order valence-corrected chi connectivity index (χ0v) is 11.6. The van der Waals surface area contributed by atoms with E-state index < -0.39 is 0 Å². The Morgan fingerprint density at radius 3 is 2.58 bits per heavy atom. The number of hydrogen-bond donors (Lipinski definition) is 1. The monoisotopic (exact) mass is 255 g/mol. The van der Waals surface area contributed by atoms with Crippen molar-refractivity contribution < 1.29 is 0 Å². The summed E-state index contributed by atoms with van der Waals surface area (Å²) in [6.07, 6.45) is 4.55. The van der Waals surface area contributed by atoms with Crippen molar-refractivity contribution in [3.63, 3.8) is 0 Å². The molecule has 1 saturated carbocycles. The van der Waals surface area contributed by atoms with Crippen molar-refractivity contribution in [1.29, 1.82) is 0 Å². The van der Waals surface area contributed by atoms with Gasteiger partial charge in [0.15, 0.2) is 0 Å². The van der Waals surface area contributed by atoms with Crippen molar-refractivity contribution in [2.75, 3.05) is 0 Å². The summed E-state index contributed by atoms with van der Waals surface area (Å²) in [5, 5.41) is 8.15. The number of nitrogens with one attached hydrogen (secondary N) is 1. The normalized spacial score (nSPS) is 18.2. The molecule has 0 bridgehead atoms. The number of hydrogen-bond acceptors (Lipinski definition) is 2. The first-order valence-electron chi connectivity index (χ1n) is 7.11. The predicted molar refractivity (Wildman–Crippen MR) is 77.6 cm³/mol. The van der Waals surface area contributed by atoms with Gasteiger partial charge >= 0.3 is 0 Å². The summed E-state index contributed by atoms with van der Waals surface area (Å²) in [4.78, 5) is 0. The molecular formula is C16H21N3. The topological polar surface area (TPSA) is 29.9 Å². The summed E-state index contributed by atoms with van der Waals surface area (Å²) in [7, 11) is 0. The van der Waals surface area contributed by atoms with Gasteiger partial charge in [0.05, 0.1) is 5.69 Å². The molecular weight excluding hydrogens is 234 g/mol. The van der Waals surface area contributed by atoms with Crippen LogP contribution in [0.15, 0.2) is 42.6 Å². The van der Waals surface area contributed by atoms with Crippen molar-refractivity contribution in [3.8, 4) is 5.69 Å². The molecule has 0 radical (unpaired) electrons. The molecule has 1 aromatic heterocycles. The van der Waals surface area contributed by atoms with Crippen LogP contribution in [0.4, 0.5) is 0 Å². The first-order chi connectivity index (χ1) is 9.25. The van der Waals surface area contributed by atoms with E-state index in [9.17, 15) is 0 Å². The second-order valence-corrected chi connectivity index (χ2v) is 5.52. The average Bonchev–Trinajstić information content (AvgIpc) is 3.12. The van der Waals surface area contributed by atoms with Gasteiger partial charge in [-0.25, -0.2) is 4.68 Å². The van der Waals surface area contributed by atoms with E-state index in [4.69, 9.17) is 0 Å². The Hall–Kier alpha value is -1.61. The third-order valence-corrected chi connectivity index (χ3v) is 3.97. The fourth-order valence-corrected chi connectivity index (χ4v) is 2.47. The van der Waals surface area contributed by atoms with E-state index >= 15 is 0 Å². The zero-order valence-electron chi connectivity index (χ0n) is 11.6. The van der Waals surface area contributed by atoms with Crippen molar-refractivity contribution in [3.05, 3.63) is 48.3 Å². The smallest absolute Gasteiger partial charge is 0.0648 e. The van der Waals surface area contributed by atoms with Gasteiger partial charge in [0.25, 0.3) is 0 Å². The third kappa shape index (κ3) is 2.71. The van der Waals surface area contributed by atoms with Gasteiger partial charge in [-0.1, -0.05) is 25.1 Å². The molecule has 2 aromatic rings. The highest BCUT2D eigenvalue weighted by molar-refractivity contribution is 5.33. The molecule has 19 heavy (non-hydrogen) atoms. The van der Waals surface area contributed by atoms with E-state index in [0.717, 1.165) is 11.7 Å². The summed E-state index contributed by atoms with van der Waals surface area (Å²) >= 11 is 0. The first kappa shape index (κ1) is 12.4.